The van der Waals surface area contributed by atoms with Crippen LogP contribution in [0.3, 0.4) is 0 Å². The Hall–Kier alpha value is -1.42. The molecule has 0 amide bonds. The molecule has 0 bridgehead atoms. The minimum Gasteiger partial charge on any atom is -0.496 e. The number of nitrogens with zero attached hydrogens (tertiary/aromatic N) is 1. The molecule has 1 rings (SSSR count). The summed E-state index contributed by atoms with van der Waals surface area (Å²) in [6, 6.07) is 4.07. The Bertz CT molecular complexity index is 392. The molecule has 0 heterocycles. The number of hydrogen-bond acceptors (Lipinski definition) is 4. The van der Waals surface area contributed by atoms with Crippen molar-refractivity contribution in [3.05, 3.63) is 17.7 Å². The molecule has 1 unspecified atom stereocenters. The van der Waals surface area contributed by atoms with Crippen molar-refractivity contribution in [1.82, 2.24) is 0 Å². The first-order chi connectivity index (χ1) is 8.54. The zero-order valence-electron chi connectivity index (χ0n) is 12.0. The lowest BCUT2D eigenvalue weighted by Crippen LogP contribution is -2.12. The van der Waals surface area contributed by atoms with Gasteiger partial charge in [-0.25, -0.2) is 0 Å². The summed E-state index contributed by atoms with van der Waals surface area (Å²) in [5.74, 6) is 2.11. The molecule has 0 saturated carbocycles. The highest BCUT2D eigenvalue weighted by molar-refractivity contribution is 5.63. The number of rotatable bonds is 6. The van der Waals surface area contributed by atoms with E-state index in [0.29, 0.717) is 12.5 Å². The smallest absolute Gasteiger partial charge is 0.142 e. The summed E-state index contributed by atoms with van der Waals surface area (Å²) in [4.78, 5) is 2.01. The standard InChI is InChI=1S/C14H24N2O2/c1-10(6-7-15)11-8-14(18-5)12(16(2)3)9-13(11)17-4/h8-10H,6-7,15H2,1-5H3. The van der Waals surface area contributed by atoms with E-state index in [2.05, 4.69) is 13.0 Å². The van der Waals surface area contributed by atoms with E-state index in [1.165, 1.54) is 0 Å². The lowest BCUT2D eigenvalue weighted by Gasteiger charge is -2.22. The van der Waals surface area contributed by atoms with Crippen molar-refractivity contribution in [2.75, 3.05) is 39.8 Å². The second kappa shape index (κ2) is 6.50. The molecule has 0 radical (unpaired) electrons. The van der Waals surface area contributed by atoms with Crippen molar-refractivity contribution in [2.24, 2.45) is 5.73 Å². The Labute approximate surface area is 110 Å². The molecule has 0 spiro atoms. The zero-order chi connectivity index (χ0) is 13.7. The molecule has 4 heteroatoms. The van der Waals surface area contributed by atoms with Gasteiger partial charge in [0.15, 0.2) is 0 Å². The molecule has 4 nitrogen and oxygen atoms in total. The van der Waals surface area contributed by atoms with Crippen LogP contribution in [0.2, 0.25) is 0 Å². The Kier molecular flexibility index (Phi) is 5.28. The van der Waals surface area contributed by atoms with Gasteiger partial charge in [0.2, 0.25) is 0 Å². The molecule has 102 valence electrons. The van der Waals surface area contributed by atoms with Crippen LogP contribution in [0, 0.1) is 0 Å². The van der Waals surface area contributed by atoms with Crippen LogP contribution < -0.4 is 20.1 Å². The third kappa shape index (κ3) is 3.07. The van der Waals surface area contributed by atoms with E-state index in [1.54, 1.807) is 14.2 Å². The average Bonchev–Trinajstić information content (AvgIpc) is 2.37. The minimum atomic E-state index is 0.357. The Balaban J connectivity index is 3.25. The van der Waals surface area contributed by atoms with Gasteiger partial charge >= 0.3 is 0 Å². The van der Waals surface area contributed by atoms with Crippen LogP contribution in [0.4, 0.5) is 5.69 Å². The number of ether oxygens (including phenoxy) is 2. The van der Waals surface area contributed by atoms with E-state index in [0.717, 1.165) is 29.2 Å². The fourth-order valence-corrected chi connectivity index (χ4v) is 2.05. The molecule has 0 aliphatic carbocycles. The fourth-order valence-electron chi connectivity index (χ4n) is 2.05. The summed E-state index contributed by atoms with van der Waals surface area (Å²) in [6.07, 6.45) is 0.931. The molecular formula is C14H24N2O2. The Morgan fingerprint density at radius 1 is 1.17 bits per heavy atom. The van der Waals surface area contributed by atoms with E-state index in [-0.39, 0.29) is 0 Å². The highest BCUT2D eigenvalue weighted by Gasteiger charge is 2.16. The molecule has 1 aromatic carbocycles. The SMILES string of the molecule is COc1cc(N(C)C)c(OC)cc1C(C)CCN. The lowest BCUT2D eigenvalue weighted by molar-refractivity contribution is 0.395. The maximum Gasteiger partial charge on any atom is 0.142 e. The van der Waals surface area contributed by atoms with Gasteiger partial charge in [-0.15, -0.1) is 0 Å². The fraction of sp³-hybridized carbons (Fsp3) is 0.571. The molecule has 1 atom stereocenters. The van der Waals surface area contributed by atoms with Crippen molar-refractivity contribution >= 4 is 5.69 Å². The second-order valence-electron chi connectivity index (χ2n) is 4.64. The quantitative estimate of drug-likeness (QED) is 0.843. The molecule has 0 aromatic heterocycles. The molecule has 2 N–H and O–H groups in total. The van der Waals surface area contributed by atoms with Gasteiger partial charge < -0.3 is 20.1 Å². The van der Waals surface area contributed by atoms with Crippen molar-refractivity contribution in [1.29, 1.82) is 0 Å². The average molecular weight is 252 g/mol. The third-order valence-electron chi connectivity index (χ3n) is 3.14. The van der Waals surface area contributed by atoms with Gasteiger partial charge in [-0.05, 0) is 24.9 Å². The third-order valence-corrected chi connectivity index (χ3v) is 3.14. The molecule has 18 heavy (non-hydrogen) atoms. The van der Waals surface area contributed by atoms with E-state index in [1.807, 2.05) is 25.1 Å². The van der Waals surface area contributed by atoms with Gasteiger partial charge in [0.1, 0.15) is 11.5 Å². The van der Waals surface area contributed by atoms with Crippen LogP contribution in [0.25, 0.3) is 0 Å². The summed E-state index contributed by atoms with van der Waals surface area (Å²) in [5.41, 5.74) is 7.78. The largest absolute Gasteiger partial charge is 0.496 e. The van der Waals surface area contributed by atoms with Gasteiger partial charge in [0.25, 0.3) is 0 Å². The Morgan fingerprint density at radius 2 is 1.78 bits per heavy atom. The van der Waals surface area contributed by atoms with Crippen LogP contribution in [-0.2, 0) is 0 Å². The molecular weight excluding hydrogens is 228 g/mol. The van der Waals surface area contributed by atoms with Crippen molar-refractivity contribution < 1.29 is 9.47 Å². The second-order valence-corrected chi connectivity index (χ2v) is 4.64. The van der Waals surface area contributed by atoms with Crippen LogP contribution in [-0.4, -0.2) is 34.9 Å². The highest BCUT2D eigenvalue weighted by Crippen LogP contribution is 2.38. The number of benzene rings is 1. The van der Waals surface area contributed by atoms with Gasteiger partial charge in [-0.2, -0.15) is 0 Å². The minimum absolute atomic E-state index is 0.357. The predicted octanol–water partition coefficient (Wildman–Crippen LogP) is 2.22. The normalized spacial score (nSPS) is 12.1. The molecule has 0 fully saturated rings. The first-order valence-corrected chi connectivity index (χ1v) is 6.18. The summed E-state index contributed by atoms with van der Waals surface area (Å²) >= 11 is 0. The van der Waals surface area contributed by atoms with E-state index in [4.69, 9.17) is 15.2 Å². The van der Waals surface area contributed by atoms with E-state index in [9.17, 15) is 0 Å². The molecule has 0 saturated heterocycles. The number of nitrogens with two attached hydrogens (primary N) is 1. The first kappa shape index (κ1) is 14.6. The number of anilines is 1. The van der Waals surface area contributed by atoms with Crippen LogP contribution in [0.1, 0.15) is 24.8 Å². The summed E-state index contributed by atoms with van der Waals surface area (Å²) < 4.78 is 10.9. The number of methoxy groups -OCH3 is 2. The zero-order valence-corrected chi connectivity index (χ0v) is 12.0. The summed E-state index contributed by atoms with van der Waals surface area (Å²) in [5, 5.41) is 0. The van der Waals surface area contributed by atoms with Crippen LogP contribution >= 0.6 is 0 Å². The van der Waals surface area contributed by atoms with E-state index < -0.39 is 0 Å². The molecule has 0 aliphatic heterocycles. The van der Waals surface area contributed by atoms with Gasteiger partial charge in [-0.3, -0.25) is 0 Å². The number of hydrogen-bond donors (Lipinski definition) is 1. The van der Waals surface area contributed by atoms with Gasteiger partial charge in [0.05, 0.1) is 19.9 Å². The monoisotopic (exact) mass is 252 g/mol. The van der Waals surface area contributed by atoms with E-state index >= 15 is 0 Å². The Morgan fingerprint density at radius 3 is 2.22 bits per heavy atom. The van der Waals surface area contributed by atoms with Crippen LogP contribution in [0.15, 0.2) is 12.1 Å². The summed E-state index contributed by atoms with van der Waals surface area (Å²) in [7, 11) is 7.35. The maximum absolute atomic E-state index is 5.63. The van der Waals surface area contributed by atoms with Gasteiger partial charge in [-0.1, -0.05) is 6.92 Å². The van der Waals surface area contributed by atoms with Crippen molar-refractivity contribution in [3.8, 4) is 11.5 Å². The van der Waals surface area contributed by atoms with Crippen LogP contribution in [0.5, 0.6) is 11.5 Å². The van der Waals surface area contributed by atoms with Crippen molar-refractivity contribution in [2.45, 2.75) is 19.3 Å². The highest BCUT2D eigenvalue weighted by atomic mass is 16.5. The summed E-state index contributed by atoms with van der Waals surface area (Å²) in [6.45, 7) is 2.82. The lowest BCUT2D eigenvalue weighted by atomic mass is 9.96. The van der Waals surface area contributed by atoms with Gasteiger partial charge in [0, 0.05) is 25.7 Å². The molecule has 0 aliphatic rings. The molecule has 1 aromatic rings. The topological polar surface area (TPSA) is 47.7 Å². The maximum atomic E-state index is 5.63. The predicted molar refractivity (Wildman–Crippen MR) is 76.0 cm³/mol. The first-order valence-electron chi connectivity index (χ1n) is 6.18. The van der Waals surface area contributed by atoms with Crippen molar-refractivity contribution in [3.63, 3.8) is 0 Å².